The van der Waals surface area contributed by atoms with Crippen molar-refractivity contribution in [3.05, 3.63) is 96.6 Å². The van der Waals surface area contributed by atoms with E-state index < -0.39 is 17.7 Å². The molecule has 0 spiro atoms. The number of hydrogen-bond acceptors (Lipinski definition) is 5. The van der Waals surface area contributed by atoms with Gasteiger partial charge in [0, 0.05) is 42.6 Å². The van der Waals surface area contributed by atoms with Crippen molar-refractivity contribution in [1.29, 1.82) is 0 Å². The van der Waals surface area contributed by atoms with Gasteiger partial charge in [-0.15, -0.1) is 0 Å². The number of aromatic nitrogens is 5. The molecule has 0 saturated carbocycles. The molecule has 2 N–H and O–H groups in total. The van der Waals surface area contributed by atoms with E-state index >= 15 is 0 Å². The van der Waals surface area contributed by atoms with Crippen molar-refractivity contribution in [2.75, 3.05) is 10.6 Å². The Hall–Kier alpha value is -5.06. The number of carbonyl (C=O) groups is 1. The lowest BCUT2D eigenvalue weighted by Gasteiger charge is -2.14. The van der Waals surface area contributed by atoms with Gasteiger partial charge in [-0.2, -0.15) is 14.6 Å². The highest BCUT2D eigenvalue weighted by Crippen LogP contribution is 2.32. The normalized spacial score (nSPS) is 11.3. The highest BCUT2D eigenvalue weighted by Gasteiger charge is 2.22. The van der Waals surface area contributed by atoms with E-state index in [4.69, 9.17) is 4.74 Å². The first-order valence-corrected chi connectivity index (χ1v) is 12.4. The number of halogens is 2. The summed E-state index contributed by atoms with van der Waals surface area (Å²) in [6, 6.07) is 15.8. The van der Waals surface area contributed by atoms with E-state index in [-0.39, 0.29) is 22.6 Å². The lowest BCUT2D eigenvalue weighted by Crippen LogP contribution is -2.22. The third-order valence-electron chi connectivity index (χ3n) is 5.98. The molecule has 0 radical (unpaired) electrons. The molecule has 5 rings (SSSR count). The molecule has 0 aliphatic heterocycles. The molecule has 0 bridgehead atoms. The predicted octanol–water partition coefficient (Wildman–Crippen LogP) is 6.68. The lowest BCUT2D eigenvalue weighted by atomic mass is 9.92. The van der Waals surface area contributed by atoms with Crippen LogP contribution in [0, 0.1) is 11.6 Å². The summed E-state index contributed by atoms with van der Waals surface area (Å²) in [4.78, 5) is 17.1. The van der Waals surface area contributed by atoms with Crippen LogP contribution in [0.25, 0.3) is 16.9 Å². The number of carbonyl (C=O) groups excluding carboxylic acids is 1. The number of rotatable bonds is 6. The smallest absolute Gasteiger partial charge is 0.324 e. The van der Waals surface area contributed by atoms with E-state index in [1.54, 1.807) is 40.9 Å². The fraction of sp³-hybridized carbons (Fsp3) is 0.172. The minimum absolute atomic E-state index is 0.259. The summed E-state index contributed by atoms with van der Waals surface area (Å²) in [5.41, 5.74) is 2.14. The summed E-state index contributed by atoms with van der Waals surface area (Å²) in [5.74, 6) is -2.22. The summed E-state index contributed by atoms with van der Waals surface area (Å²) >= 11 is 0. The Morgan fingerprint density at radius 3 is 2.45 bits per heavy atom. The zero-order chi connectivity index (χ0) is 28.4. The molecule has 0 aliphatic rings. The summed E-state index contributed by atoms with van der Waals surface area (Å²) < 4.78 is 38.7. The molecule has 9 nitrogen and oxygen atoms in total. The van der Waals surface area contributed by atoms with Crippen LogP contribution >= 0.6 is 0 Å². The van der Waals surface area contributed by atoms with Crippen LogP contribution < -0.4 is 15.4 Å². The molecule has 3 heterocycles. The summed E-state index contributed by atoms with van der Waals surface area (Å²) in [6.07, 6.45) is 4.90. The van der Waals surface area contributed by atoms with Gasteiger partial charge in [0.05, 0.1) is 29.0 Å². The van der Waals surface area contributed by atoms with E-state index in [1.807, 2.05) is 51.1 Å². The van der Waals surface area contributed by atoms with E-state index in [9.17, 15) is 13.6 Å². The molecule has 3 aromatic heterocycles. The van der Waals surface area contributed by atoms with Crippen molar-refractivity contribution in [2.45, 2.75) is 26.2 Å². The first-order chi connectivity index (χ1) is 19.1. The number of ether oxygens (including phenoxy) is 1. The van der Waals surface area contributed by atoms with Gasteiger partial charge in [-0.1, -0.05) is 39.0 Å². The maximum atomic E-state index is 15.0. The molecule has 2 amide bonds. The summed E-state index contributed by atoms with van der Waals surface area (Å²) in [6.45, 7) is 6.01. The van der Waals surface area contributed by atoms with Crippen LogP contribution in [0.5, 0.6) is 11.5 Å². The number of nitrogens with one attached hydrogen (secondary N) is 2. The van der Waals surface area contributed by atoms with E-state index in [0.29, 0.717) is 11.5 Å². The fourth-order valence-corrected chi connectivity index (χ4v) is 3.89. The van der Waals surface area contributed by atoms with Crippen molar-refractivity contribution in [1.82, 2.24) is 24.5 Å². The number of hydrogen-bond donors (Lipinski definition) is 2. The van der Waals surface area contributed by atoms with Crippen molar-refractivity contribution in [2.24, 2.45) is 7.05 Å². The Kier molecular flexibility index (Phi) is 7.03. The monoisotopic (exact) mass is 543 g/mol. The van der Waals surface area contributed by atoms with Gasteiger partial charge in [0.1, 0.15) is 11.6 Å². The largest absolute Gasteiger partial charge is 0.454 e. The Morgan fingerprint density at radius 2 is 1.75 bits per heavy atom. The molecule has 0 unspecified atom stereocenters. The lowest BCUT2D eigenvalue weighted by molar-refractivity contribution is 0.262. The Bertz CT molecular complexity index is 1670. The Balaban J connectivity index is 1.33. The molecule has 5 aromatic rings. The summed E-state index contributed by atoms with van der Waals surface area (Å²) in [7, 11) is 1.78. The van der Waals surface area contributed by atoms with Crippen LogP contribution in [0.3, 0.4) is 0 Å². The highest BCUT2D eigenvalue weighted by atomic mass is 19.2. The quantitative estimate of drug-likeness (QED) is 0.249. The topological polar surface area (TPSA) is 98.9 Å². The summed E-state index contributed by atoms with van der Waals surface area (Å²) in [5, 5.41) is 13.8. The van der Waals surface area contributed by atoms with Gasteiger partial charge in [-0.05, 0) is 30.3 Å². The molecule has 0 fully saturated rings. The maximum Gasteiger partial charge on any atom is 0.324 e. The zero-order valence-electron chi connectivity index (χ0n) is 22.3. The number of aryl methyl sites for hydroxylation is 1. The SMILES string of the molecule is Cn1cc(-c2cc(Oc3ccc(NC(=O)Nc4cc(C(C)(C)C)nn4-c4ccccc4)c(F)c3F)ccn2)cn1. The van der Waals surface area contributed by atoms with Gasteiger partial charge in [-0.3, -0.25) is 15.0 Å². The fourth-order valence-electron chi connectivity index (χ4n) is 3.89. The number of benzene rings is 2. The van der Waals surface area contributed by atoms with Crippen LogP contribution in [0.15, 0.2) is 79.3 Å². The number of nitrogens with zero attached hydrogens (tertiary/aromatic N) is 5. The third-order valence-corrected chi connectivity index (χ3v) is 5.98. The Morgan fingerprint density at radius 1 is 0.975 bits per heavy atom. The molecule has 204 valence electrons. The Labute approximate surface area is 229 Å². The van der Waals surface area contributed by atoms with Crippen LogP contribution in [-0.4, -0.2) is 30.6 Å². The standard InChI is InChI=1S/C29H27F2N7O2/c1-29(2,3)24-15-25(38(36-24)19-8-6-5-7-9-19)35-28(39)34-21-10-11-23(27(31)26(21)30)40-20-12-13-32-22(14-20)18-16-33-37(4)17-18/h5-17H,1-4H3,(H2,34,35,39). The van der Waals surface area contributed by atoms with Gasteiger partial charge >= 0.3 is 6.03 Å². The number of amides is 2. The molecule has 11 heteroatoms. The van der Waals surface area contributed by atoms with Crippen molar-refractivity contribution in [3.63, 3.8) is 0 Å². The second-order valence-corrected chi connectivity index (χ2v) is 10.1. The number of anilines is 2. The second-order valence-electron chi connectivity index (χ2n) is 10.1. The highest BCUT2D eigenvalue weighted by molar-refractivity contribution is 5.99. The molecule has 40 heavy (non-hydrogen) atoms. The maximum absolute atomic E-state index is 15.0. The van der Waals surface area contributed by atoms with Gasteiger partial charge in [0.2, 0.25) is 5.82 Å². The average Bonchev–Trinajstić information content (AvgIpc) is 3.56. The first-order valence-electron chi connectivity index (χ1n) is 12.4. The minimum Gasteiger partial charge on any atom is -0.454 e. The number of urea groups is 1. The molecule has 0 atom stereocenters. The van der Waals surface area contributed by atoms with Crippen molar-refractivity contribution < 1.29 is 18.3 Å². The van der Waals surface area contributed by atoms with Gasteiger partial charge in [0.15, 0.2) is 11.6 Å². The number of pyridine rings is 1. The molecular weight excluding hydrogens is 516 g/mol. The van der Waals surface area contributed by atoms with Crippen LogP contribution in [0.2, 0.25) is 0 Å². The molecule has 0 aliphatic carbocycles. The predicted molar refractivity (Wildman–Crippen MR) is 148 cm³/mol. The van der Waals surface area contributed by atoms with Gasteiger partial charge in [-0.25, -0.2) is 13.9 Å². The molecule has 2 aromatic carbocycles. The van der Waals surface area contributed by atoms with E-state index in [1.165, 1.54) is 24.4 Å². The van der Waals surface area contributed by atoms with Gasteiger partial charge in [0.25, 0.3) is 0 Å². The number of para-hydroxylation sites is 1. The van der Waals surface area contributed by atoms with Crippen LogP contribution in [0.1, 0.15) is 26.5 Å². The molecular formula is C29H27F2N7O2. The minimum atomic E-state index is -1.26. The van der Waals surface area contributed by atoms with Crippen LogP contribution in [-0.2, 0) is 12.5 Å². The molecule has 0 saturated heterocycles. The van der Waals surface area contributed by atoms with Crippen LogP contribution in [0.4, 0.5) is 25.1 Å². The second kappa shape index (κ2) is 10.6. The van der Waals surface area contributed by atoms with Crippen molar-refractivity contribution >= 4 is 17.5 Å². The first kappa shape index (κ1) is 26.5. The van der Waals surface area contributed by atoms with Gasteiger partial charge < -0.3 is 10.1 Å². The van der Waals surface area contributed by atoms with E-state index in [0.717, 1.165) is 16.9 Å². The third kappa shape index (κ3) is 5.68. The van der Waals surface area contributed by atoms with Crippen molar-refractivity contribution in [3.8, 4) is 28.4 Å². The zero-order valence-corrected chi connectivity index (χ0v) is 22.3. The average molecular weight is 544 g/mol. The van der Waals surface area contributed by atoms with E-state index in [2.05, 4.69) is 25.8 Å².